The Morgan fingerprint density at radius 1 is 1.16 bits per heavy atom. The molecule has 0 fully saturated rings. The van der Waals surface area contributed by atoms with Crippen molar-refractivity contribution >= 4 is 17.5 Å². The molecule has 5 heteroatoms. The van der Waals surface area contributed by atoms with Crippen molar-refractivity contribution < 1.29 is 14.3 Å². The van der Waals surface area contributed by atoms with Gasteiger partial charge in [0.25, 0.3) is 0 Å². The zero-order chi connectivity index (χ0) is 14.3. The molecule has 1 aromatic carbocycles. The van der Waals surface area contributed by atoms with E-state index in [-0.39, 0.29) is 6.04 Å². The summed E-state index contributed by atoms with van der Waals surface area (Å²) in [5.74, 6) is 0.466. The normalized spacial score (nSPS) is 12.1. The van der Waals surface area contributed by atoms with Gasteiger partial charge in [-0.3, -0.25) is 5.32 Å². The van der Waals surface area contributed by atoms with Crippen molar-refractivity contribution in [2.24, 2.45) is 5.92 Å². The second kappa shape index (κ2) is 7.63. The van der Waals surface area contributed by atoms with Crippen molar-refractivity contribution in [3.8, 4) is 0 Å². The predicted octanol–water partition coefficient (Wildman–Crippen LogP) is 2.95. The number of amides is 1. The smallest absolute Gasteiger partial charge is 0.411 e. The van der Waals surface area contributed by atoms with Gasteiger partial charge in [-0.25, -0.2) is 4.79 Å². The molecule has 0 aliphatic heterocycles. The molecule has 0 aromatic heterocycles. The summed E-state index contributed by atoms with van der Waals surface area (Å²) in [7, 11) is 3.03. The highest BCUT2D eigenvalue weighted by atomic mass is 16.5. The van der Waals surface area contributed by atoms with E-state index in [1.165, 1.54) is 7.11 Å². The number of methoxy groups -OCH3 is 2. The van der Waals surface area contributed by atoms with E-state index in [9.17, 15) is 4.79 Å². The Balaban J connectivity index is 2.62. The van der Waals surface area contributed by atoms with Crippen molar-refractivity contribution in [3.63, 3.8) is 0 Å². The number of nitrogens with one attached hydrogen (secondary N) is 2. The van der Waals surface area contributed by atoms with Crippen LogP contribution in [0.3, 0.4) is 0 Å². The standard InChI is InChI=1S/C14H22N2O3/c1-10(2)13(9-18-3)15-11-5-7-12(8-6-11)16-14(17)19-4/h5-8,10,13,15H,9H2,1-4H3,(H,16,17). The third-order valence-corrected chi connectivity index (χ3v) is 2.82. The molecule has 1 atom stereocenters. The number of carbonyl (C=O) groups is 1. The summed E-state index contributed by atoms with van der Waals surface area (Å²) in [6, 6.07) is 7.73. The summed E-state index contributed by atoms with van der Waals surface area (Å²) >= 11 is 0. The number of carbonyl (C=O) groups excluding carboxylic acids is 1. The van der Waals surface area contributed by atoms with E-state index in [0.29, 0.717) is 18.2 Å². The maximum atomic E-state index is 11.1. The molecule has 0 spiro atoms. The Labute approximate surface area is 114 Å². The number of ether oxygens (including phenoxy) is 2. The SMILES string of the molecule is COCC(Nc1ccc(NC(=O)OC)cc1)C(C)C. The van der Waals surface area contributed by atoms with E-state index in [0.717, 1.165) is 5.69 Å². The average molecular weight is 266 g/mol. The Morgan fingerprint density at radius 2 is 1.74 bits per heavy atom. The number of anilines is 2. The lowest BCUT2D eigenvalue weighted by Crippen LogP contribution is -2.30. The van der Waals surface area contributed by atoms with E-state index in [1.807, 2.05) is 24.3 Å². The monoisotopic (exact) mass is 266 g/mol. The third kappa shape index (κ3) is 5.18. The van der Waals surface area contributed by atoms with Gasteiger partial charge in [-0.2, -0.15) is 0 Å². The first-order chi connectivity index (χ1) is 9.06. The molecule has 106 valence electrons. The lowest BCUT2D eigenvalue weighted by Gasteiger charge is -2.22. The molecule has 19 heavy (non-hydrogen) atoms. The second-order valence-corrected chi connectivity index (χ2v) is 4.64. The molecule has 2 N–H and O–H groups in total. The molecule has 0 radical (unpaired) electrons. The molecule has 0 aliphatic rings. The molecule has 0 saturated heterocycles. The van der Waals surface area contributed by atoms with Crippen LogP contribution >= 0.6 is 0 Å². The van der Waals surface area contributed by atoms with Crippen molar-refractivity contribution in [1.29, 1.82) is 0 Å². The summed E-state index contributed by atoms with van der Waals surface area (Å²) in [5, 5.41) is 6.01. The lowest BCUT2D eigenvalue weighted by molar-refractivity contribution is 0.171. The first kappa shape index (κ1) is 15.3. The van der Waals surface area contributed by atoms with Gasteiger partial charge in [0.1, 0.15) is 0 Å². The quantitative estimate of drug-likeness (QED) is 0.831. The molecule has 1 unspecified atom stereocenters. The zero-order valence-electron chi connectivity index (χ0n) is 11.9. The highest BCUT2D eigenvalue weighted by Gasteiger charge is 2.12. The Hall–Kier alpha value is -1.75. The maximum absolute atomic E-state index is 11.1. The Morgan fingerprint density at radius 3 is 2.21 bits per heavy atom. The number of hydrogen-bond acceptors (Lipinski definition) is 4. The largest absolute Gasteiger partial charge is 0.453 e. The fraction of sp³-hybridized carbons (Fsp3) is 0.500. The molecular formula is C14H22N2O3. The van der Waals surface area contributed by atoms with Crippen LogP contribution < -0.4 is 10.6 Å². The van der Waals surface area contributed by atoms with Gasteiger partial charge in [0.2, 0.25) is 0 Å². The van der Waals surface area contributed by atoms with Crippen LogP contribution in [-0.4, -0.2) is 33.0 Å². The summed E-state index contributed by atoms with van der Waals surface area (Å²) in [6.07, 6.45) is -0.472. The highest BCUT2D eigenvalue weighted by Crippen LogP contribution is 2.17. The topological polar surface area (TPSA) is 59.6 Å². The van der Waals surface area contributed by atoms with Crippen LogP contribution in [0.1, 0.15) is 13.8 Å². The number of rotatable bonds is 6. The molecule has 1 aromatic rings. The van der Waals surface area contributed by atoms with Crippen LogP contribution in [0.5, 0.6) is 0 Å². The van der Waals surface area contributed by atoms with E-state index in [1.54, 1.807) is 7.11 Å². The van der Waals surface area contributed by atoms with Gasteiger partial charge in [-0.1, -0.05) is 13.8 Å². The fourth-order valence-corrected chi connectivity index (χ4v) is 1.61. The van der Waals surface area contributed by atoms with E-state index in [4.69, 9.17) is 4.74 Å². The highest BCUT2D eigenvalue weighted by molar-refractivity contribution is 5.84. The lowest BCUT2D eigenvalue weighted by atomic mass is 10.1. The predicted molar refractivity (Wildman–Crippen MR) is 76.6 cm³/mol. The zero-order valence-corrected chi connectivity index (χ0v) is 11.9. The first-order valence-electron chi connectivity index (χ1n) is 6.27. The minimum absolute atomic E-state index is 0.254. The maximum Gasteiger partial charge on any atom is 0.411 e. The molecule has 1 rings (SSSR count). The van der Waals surface area contributed by atoms with Crippen molar-refractivity contribution in [2.75, 3.05) is 31.5 Å². The van der Waals surface area contributed by atoms with Crippen LogP contribution in [0, 0.1) is 5.92 Å². The van der Waals surface area contributed by atoms with Crippen LogP contribution in [0.25, 0.3) is 0 Å². The fourth-order valence-electron chi connectivity index (χ4n) is 1.61. The van der Waals surface area contributed by atoms with Gasteiger partial charge in [-0.15, -0.1) is 0 Å². The van der Waals surface area contributed by atoms with E-state index < -0.39 is 6.09 Å². The van der Waals surface area contributed by atoms with Crippen molar-refractivity contribution in [2.45, 2.75) is 19.9 Å². The summed E-state index contributed by atoms with van der Waals surface area (Å²) in [4.78, 5) is 11.1. The molecule has 0 saturated carbocycles. The van der Waals surface area contributed by atoms with Crippen molar-refractivity contribution in [1.82, 2.24) is 0 Å². The van der Waals surface area contributed by atoms with Gasteiger partial charge < -0.3 is 14.8 Å². The third-order valence-electron chi connectivity index (χ3n) is 2.82. The summed E-state index contributed by atoms with van der Waals surface area (Å²) in [6.45, 7) is 4.94. The van der Waals surface area contributed by atoms with Gasteiger partial charge in [0.15, 0.2) is 0 Å². The molecular weight excluding hydrogens is 244 g/mol. The molecule has 1 amide bonds. The molecule has 0 aliphatic carbocycles. The minimum atomic E-state index is -0.472. The van der Waals surface area contributed by atoms with Crippen LogP contribution in [0.2, 0.25) is 0 Å². The first-order valence-corrected chi connectivity index (χ1v) is 6.27. The Kier molecular flexibility index (Phi) is 6.15. The van der Waals surface area contributed by atoms with Crippen LogP contribution in [-0.2, 0) is 9.47 Å². The van der Waals surface area contributed by atoms with Gasteiger partial charge in [0, 0.05) is 18.5 Å². The second-order valence-electron chi connectivity index (χ2n) is 4.64. The van der Waals surface area contributed by atoms with Gasteiger partial charge >= 0.3 is 6.09 Å². The average Bonchev–Trinajstić information content (AvgIpc) is 2.40. The number of benzene rings is 1. The van der Waals surface area contributed by atoms with Gasteiger partial charge in [0.05, 0.1) is 19.8 Å². The Bertz CT molecular complexity index is 390. The minimum Gasteiger partial charge on any atom is -0.453 e. The summed E-state index contributed by atoms with van der Waals surface area (Å²) < 4.78 is 9.72. The van der Waals surface area contributed by atoms with Gasteiger partial charge in [-0.05, 0) is 30.2 Å². The van der Waals surface area contributed by atoms with Crippen LogP contribution in [0.15, 0.2) is 24.3 Å². The molecule has 0 heterocycles. The molecule has 5 nitrogen and oxygen atoms in total. The molecule has 0 bridgehead atoms. The van der Waals surface area contributed by atoms with E-state index >= 15 is 0 Å². The van der Waals surface area contributed by atoms with Crippen molar-refractivity contribution in [3.05, 3.63) is 24.3 Å². The summed E-state index contributed by atoms with van der Waals surface area (Å²) in [5.41, 5.74) is 1.69. The van der Waals surface area contributed by atoms with Crippen LogP contribution in [0.4, 0.5) is 16.2 Å². The number of hydrogen-bond donors (Lipinski definition) is 2. The van der Waals surface area contributed by atoms with E-state index in [2.05, 4.69) is 29.2 Å².